The Morgan fingerprint density at radius 2 is 2.25 bits per heavy atom. The first-order valence-electron chi connectivity index (χ1n) is 8.23. The number of aliphatic hydroxyl groups is 1. The molecule has 1 atom stereocenters. The first-order chi connectivity index (χ1) is 13.2. The van der Waals surface area contributed by atoms with Gasteiger partial charge in [-0.3, -0.25) is 14.4 Å². The first kappa shape index (κ1) is 19.7. The zero-order valence-electron chi connectivity index (χ0n) is 14.9. The fourth-order valence-electron chi connectivity index (χ4n) is 2.61. The smallest absolute Gasteiger partial charge is 0.275 e. The Morgan fingerprint density at radius 3 is 2.93 bits per heavy atom. The van der Waals surface area contributed by atoms with E-state index in [9.17, 15) is 18.3 Å². The van der Waals surface area contributed by atoms with Crippen molar-refractivity contribution < 1.29 is 18.3 Å². The standard InChI is InChI=1S/C15H18N8O4S/c1-28(26,27)19-5-7-22-9-11(8-18-22)20-14-17-4-2-12(21-14)23-6-3-15(25,10-16)13(23)24/h2,4,8-9,19,25H,3,5-7H2,1H3,(H,17,20,21)/t15-/m0/s1. The lowest BCUT2D eigenvalue weighted by Gasteiger charge is -2.16. The molecular formula is C15H18N8O4S. The summed E-state index contributed by atoms with van der Waals surface area (Å²) >= 11 is 0. The third kappa shape index (κ3) is 4.42. The lowest BCUT2D eigenvalue weighted by atomic mass is 10.1. The molecule has 3 heterocycles. The monoisotopic (exact) mass is 406 g/mol. The molecule has 148 valence electrons. The second-order valence-electron chi connectivity index (χ2n) is 6.20. The maximum Gasteiger partial charge on any atom is 0.275 e. The van der Waals surface area contributed by atoms with Crippen LogP contribution in [0.1, 0.15) is 6.42 Å². The van der Waals surface area contributed by atoms with Crippen LogP contribution in [0.25, 0.3) is 0 Å². The number of nitriles is 1. The number of aromatic nitrogens is 4. The van der Waals surface area contributed by atoms with E-state index in [1.807, 2.05) is 0 Å². The molecule has 0 saturated carbocycles. The molecule has 3 rings (SSSR count). The van der Waals surface area contributed by atoms with Crippen molar-refractivity contribution in [3.05, 3.63) is 24.7 Å². The maximum absolute atomic E-state index is 12.2. The van der Waals surface area contributed by atoms with Gasteiger partial charge in [-0.15, -0.1) is 0 Å². The number of rotatable bonds is 7. The highest BCUT2D eigenvalue weighted by Crippen LogP contribution is 2.27. The van der Waals surface area contributed by atoms with Gasteiger partial charge in [-0.2, -0.15) is 15.3 Å². The van der Waals surface area contributed by atoms with Gasteiger partial charge in [-0.1, -0.05) is 0 Å². The lowest BCUT2D eigenvalue weighted by Crippen LogP contribution is -2.39. The van der Waals surface area contributed by atoms with Crippen LogP contribution in [-0.2, 0) is 21.4 Å². The molecule has 1 amide bonds. The maximum atomic E-state index is 12.2. The minimum Gasteiger partial charge on any atom is -0.368 e. The van der Waals surface area contributed by atoms with E-state index < -0.39 is 21.5 Å². The second kappa shape index (κ2) is 7.50. The molecule has 0 aromatic carbocycles. The molecule has 0 spiro atoms. The number of carbonyl (C=O) groups is 1. The van der Waals surface area contributed by atoms with Crippen molar-refractivity contribution in [2.45, 2.75) is 18.6 Å². The minimum atomic E-state index is -3.26. The van der Waals surface area contributed by atoms with Crippen molar-refractivity contribution in [2.24, 2.45) is 0 Å². The van der Waals surface area contributed by atoms with E-state index in [2.05, 4.69) is 25.1 Å². The van der Waals surface area contributed by atoms with Crippen molar-refractivity contribution in [3.63, 3.8) is 0 Å². The summed E-state index contributed by atoms with van der Waals surface area (Å²) in [5, 5.41) is 26.0. The Bertz CT molecular complexity index is 1030. The van der Waals surface area contributed by atoms with Crippen LogP contribution >= 0.6 is 0 Å². The molecule has 13 heteroatoms. The van der Waals surface area contributed by atoms with Gasteiger partial charge < -0.3 is 10.4 Å². The van der Waals surface area contributed by atoms with Crippen LogP contribution in [0.4, 0.5) is 17.5 Å². The predicted molar refractivity (Wildman–Crippen MR) is 97.9 cm³/mol. The van der Waals surface area contributed by atoms with Crippen LogP contribution in [0.3, 0.4) is 0 Å². The Hall–Kier alpha value is -3.08. The highest BCUT2D eigenvalue weighted by Gasteiger charge is 2.46. The summed E-state index contributed by atoms with van der Waals surface area (Å²) in [5.74, 6) is -0.254. The Kier molecular flexibility index (Phi) is 5.27. The Labute approximate surface area is 160 Å². The SMILES string of the molecule is CS(=O)(=O)NCCn1cc(Nc2nccc(N3CC[C@](O)(C#N)C3=O)n2)cn1. The normalized spacial score (nSPS) is 19.6. The fourth-order valence-corrected chi connectivity index (χ4v) is 3.07. The van der Waals surface area contributed by atoms with Crippen LogP contribution in [-0.4, -0.2) is 64.1 Å². The number of nitrogens with one attached hydrogen (secondary N) is 2. The predicted octanol–water partition coefficient (Wildman–Crippen LogP) is -1.04. The number of carbonyl (C=O) groups excluding carboxylic acids is 1. The van der Waals surface area contributed by atoms with Crippen molar-refractivity contribution in [1.29, 1.82) is 5.26 Å². The van der Waals surface area contributed by atoms with Crippen LogP contribution in [0.5, 0.6) is 0 Å². The molecule has 0 bridgehead atoms. The van der Waals surface area contributed by atoms with Gasteiger partial charge in [0.15, 0.2) is 0 Å². The molecule has 12 nitrogen and oxygen atoms in total. The van der Waals surface area contributed by atoms with Gasteiger partial charge >= 0.3 is 0 Å². The minimum absolute atomic E-state index is 0.00336. The van der Waals surface area contributed by atoms with Gasteiger partial charge in [0.2, 0.25) is 21.6 Å². The molecule has 2 aromatic heterocycles. The molecule has 1 aliphatic heterocycles. The van der Waals surface area contributed by atoms with Gasteiger partial charge in [0, 0.05) is 31.9 Å². The van der Waals surface area contributed by atoms with E-state index in [0.717, 1.165) is 6.26 Å². The Morgan fingerprint density at radius 1 is 1.46 bits per heavy atom. The zero-order valence-corrected chi connectivity index (χ0v) is 15.7. The third-order valence-electron chi connectivity index (χ3n) is 3.99. The summed E-state index contributed by atoms with van der Waals surface area (Å²) in [6.07, 6.45) is 5.70. The van der Waals surface area contributed by atoms with Gasteiger partial charge in [0.1, 0.15) is 11.9 Å². The highest BCUT2D eigenvalue weighted by molar-refractivity contribution is 7.88. The molecular weight excluding hydrogens is 388 g/mol. The molecule has 0 unspecified atom stereocenters. The van der Waals surface area contributed by atoms with E-state index in [1.165, 1.54) is 23.4 Å². The molecule has 1 saturated heterocycles. The van der Waals surface area contributed by atoms with Crippen molar-refractivity contribution in [1.82, 2.24) is 24.5 Å². The summed E-state index contributed by atoms with van der Waals surface area (Å²) < 4.78 is 26.0. The molecule has 0 aliphatic carbocycles. The number of hydrogen-bond donors (Lipinski definition) is 3. The number of nitrogens with zero attached hydrogens (tertiary/aromatic N) is 6. The Balaban J connectivity index is 1.66. The fraction of sp³-hybridized carbons (Fsp3) is 0.400. The van der Waals surface area contributed by atoms with E-state index in [1.54, 1.807) is 16.9 Å². The van der Waals surface area contributed by atoms with Crippen molar-refractivity contribution >= 4 is 33.4 Å². The number of sulfonamides is 1. The summed E-state index contributed by atoms with van der Waals surface area (Å²) in [7, 11) is -3.26. The summed E-state index contributed by atoms with van der Waals surface area (Å²) in [6.45, 7) is 0.708. The molecule has 28 heavy (non-hydrogen) atoms. The topological polar surface area (TPSA) is 166 Å². The summed E-state index contributed by atoms with van der Waals surface area (Å²) in [5.41, 5.74) is -1.46. The van der Waals surface area contributed by atoms with E-state index in [-0.39, 0.29) is 31.3 Å². The molecule has 3 N–H and O–H groups in total. The van der Waals surface area contributed by atoms with E-state index >= 15 is 0 Å². The molecule has 1 fully saturated rings. The largest absolute Gasteiger partial charge is 0.368 e. The molecule has 1 aliphatic rings. The summed E-state index contributed by atoms with van der Waals surface area (Å²) in [4.78, 5) is 21.8. The third-order valence-corrected chi connectivity index (χ3v) is 4.72. The van der Waals surface area contributed by atoms with Crippen LogP contribution in [0.2, 0.25) is 0 Å². The van der Waals surface area contributed by atoms with Crippen LogP contribution < -0.4 is 14.9 Å². The van der Waals surface area contributed by atoms with Crippen molar-refractivity contribution in [3.8, 4) is 6.07 Å². The second-order valence-corrected chi connectivity index (χ2v) is 8.03. The van der Waals surface area contributed by atoms with Crippen LogP contribution in [0.15, 0.2) is 24.7 Å². The highest BCUT2D eigenvalue weighted by atomic mass is 32.2. The lowest BCUT2D eigenvalue weighted by molar-refractivity contribution is -0.128. The van der Waals surface area contributed by atoms with Crippen LogP contribution in [0, 0.1) is 11.3 Å². The van der Waals surface area contributed by atoms with Gasteiger partial charge in [-0.05, 0) is 6.07 Å². The van der Waals surface area contributed by atoms with E-state index in [0.29, 0.717) is 12.2 Å². The number of amides is 1. The zero-order chi connectivity index (χ0) is 20.4. The van der Waals surface area contributed by atoms with Gasteiger partial charge in [0.05, 0.1) is 24.7 Å². The molecule has 0 radical (unpaired) electrons. The van der Waals surface area contributed by atoms with Gasteiger partial charge in [0.25, 0.3) is 5.91 Å². The number of anilines is 3. The summed E-state index contributed by atoms with van der Waals surface area (Å²) in [6, 6.07) is 3.13. The van der Waals surface area contributed by atoms with E-state index in [4.69, 9.17) is 5.26 Å². The molecule has 2 aromatic rings. The number of hydrogen-bond acceptors (Lipinski definition) is 9. The average molecular weight is 406 g/mol. The quantitative estimate of drug-likeness (QED) is 0.487. The first-order valence-corrected chi connectivity index (χ1v) is 10.1. The van der Waals surface area contributed by atoms with Crippen molar-refractivity contribution in [2.75, 3.05) is 29.6 Å². The average Bonchev–Trinajstić information content (AvgIpc) is 3.19. The van der Waals surface area contributed by atoms with Gasteiger partial charge in [-0.25, -0.2) is 18.1 Å².